The number of fused-ring (bicyclic) bond motifs is 1. The number of benzene rings is 1. The zero-order valence-electron chi connectivity index (χ0n) is 23.3. The predicted octanol–water partition coefficient (Wildman–Crippen LogP) is 2.27. The first-order chi connectivity index (χ1) is 19.2. The van der Waals surface area contributed by atoms with Crippen molar-refractivity contribution in [2.45, 2.75) is 58.5 Å². The molecule has 1 fully saturated rings. The van der Waals surface area contributed by atoms with Gasteiger partial charge in [-0.25, -0.2) is 4.79 Å². The van der Waals surface area contributed by atoms with Crippen molar-refractivity contribution in [2.75, 3.05) is 39.0 Å². The molecule has 1 aliphatic heterocycles. The van der Waals surface area contributed by atoms with Crippen LogP contribution in [0.15, 0.2) is 29.1 Å². The molecule has 4 rings (SSSR count). The first-order valence-corrected chi connectivity index (χ1v) is 13.9. The van der Waals surface area contributed by atoms with Crippen molar-refractivity contribution in [1.29, 1.82) is 0 Å². The number of nitrogens with zero attached hydrogens (tertiary/aromatic N) is 5. The van der Waals surface area contributed by atoms with E-state index in [0.717, 1.165) is 44.3 Å². The Morgan fingerprint density at radius 2 is 1.85 bits per heavy atom. The molecular weight excluding hydrogens is 514 g/mol. The van der Waals surface area contributed by atoms with E-state index in [2.05, 4.69) is 33.8 Å². The van der Waals surface area contributed by atoms with Crippen LogP contribution < -0.4 is 16.2 Å². The van der Waals surface area contributed by atoms with Crippen LogP contribution in [-0.4, -0.2) is 79.6 Å². The Bertz CT molecular complexity index is 1360. The van der Waals surface area contributed by atoms with E-state index in [1.165, 1.54) is 4.57 Å². The molecule has 1 amide bonds. The lowest BCUT2D eigenvalue weighted by Gasteiger charge is -2.32. The molecule has 3 aromatic rings. The minimum Gasteiger partial charge on any atom is -0.481 e. The number of piperidine rings is 1. The number of carboxylic acid groups (broad SMARTS) is 1. The normalized spacial score (nSPS) is 14.4. The van der Waals surface area contributed by atoms with Gasteiger partial charge in [0.15, 0.2) is 11.5 Å². The summed E-state index contributed by atoms with van der Waals surface area (Å²) in [5, 5.41) is 9.05. The fourth-order valence-corrected chi connectivity index (χ4v) is 4.97. The highest BCUT2D eigenvalue weighted by atomic mass is 16.5. The molecule has 40 heavy (non-hydrogen) atoms. The van der Waals surface area contributed by atoms with E-state index < -0.39 is 5.97 Å². The molecule has 12 nitrogen and oxygen atoms in total. The van der Waals surface area contributed by atoms with E-state index in [9.17, 15) is 14.4 Å². The third kappa shape index (κ3) is 7.38. The van der Waals surface area contributed by atoms with Gasteiger partial charge in [0.25, 0.3) is 0 Å². The van der Waals surface area contributed by atoms with Crippen molar-refractivity contribution < 1.29 is 19.4 Å². The number of aromatic nitrogens is 4. The van der Waals surface area contributed by atoms with Gasteiger partial charge in [0.05, 0.1) is 13.0 Å². The molecule has 0 bridgehead atoms. The summed E-state index contributed by atoms with van der Waals surface area (Å²) in [4.78, 5) is 52.8. The van der Waals surface area contributed by atoms with Crippen molar-refractivity contribution in [2.24, 2.45) is 5.92 Å². The molecule has 0 spiro atoms. The summed E-state index contributed by atoms with van der Waals surface area (Å²) in [7, 11) is 2.06. The molecule has 0 unspecified atom stereocenters. The van der Waals surface area contributed by atoms with Crippen LogP contribution in [0.3, 0.4) is 0 Å². The summed E-state index contributed by atoms with van der Waals surface area (Å²) in [5.41, 5.74) is 8.11. The smallest absolute Gasteiger partial charge is 0.327 e. The number of imidazole rings is 1. The number of aliphatic carboxylic acids is 1. The zero-order valence-corrected chi connectivity index (χ0v) is 23.3. The molecule has 216 valence electrons. The minimum atomic E-state index is -0.883. The lowest BCUT2D eigenvalue weighted by molar-refractivity contribution is -0.138. The predicted molar refractivity (Wildman–Crippen MR) is 151 cm³/mol. The molecule has 1 saturated heterocycles. The summed E-state index contributed by atoms with van der Waals surface area (Å²) >= 11 is 0. The largest absolute Gasteiger partial charge is 0.481 e. The van der Waals surface area contributed by atoms with Crippen LogP contribution >= 0.6 is 0 Å². The van der Waals surface area contributed by atoms with Crippen molar-refractivity contribution in [3.8, 4) is 6.01 Å². The van der Waals surface area contributed by atoms with Gasteiger partial charge in [-0.1, -0.05) is 37.6 Å². The molecular formula is C28H39N7O5. The fourth-order valence-electron chi connectivity index (χ4n) is 4.97. The number of H-pyrrole nitrogens is 1. The quantitative estimate of drug-likeness (QED) is 0.270. The molecule has 0 saturated carbocycles. The Balaban J connectivity index is 1.49. The lowest BCUT2D eigenvalue weighted by atomic mass is 9.95. The van der Waals surface area contributed by atoms with E-state index in [4.69, 9.17) is 15.6 Å². The Labute approximate surface area is 233 Å². The molecule has 12 heteroatoms. The van der Waals surface area contributed by atoms with Crippen LogP contribution in [0.2, 0.25) is 0 Å². The van der Waals surface area contributed by atoms with E-state index in [-0.39, 0.29) is 35.8 Å². The third-order valence-corrected chi connectivity index (χ3v) is 7.30. The number of unbranched alkanes of at least 4 members (excludes halogenated alkanes) is 1. The molecule has 0 aliphatic carbocycles. The number of amides is 1. The van der Waals surface area contributed by atoms with Crippen molar-refractivity contribution >= 4 is 28.9 Å². The number of anilines is 1. The van der Waals surface area contributed by atoms with Crippen LogP contribution in [0, 0.1) is 5.92 Å². The van der Waals surface area contributed by atoms with Crippen LogP contribution in [0.25, 0.3) is 11.2 Å². The van der Waals surface area contributed by atoms with Gasteiger partial charge < -0.3 is 30.4 Å². The molecule has 2 aromatic heterocycles. The van der Waals surface area contributed by atoms with Crippen LogP contribution in [0.4, 0.5) is 5.82 Å². The number of carboxylic acids is 1. The molecule has 0 radical (unpaired) electrons. The lowest BCUT2D eigenvalue weighted by Crippen LogP contribution is -2.42. The van der Waals surface area contributed by atoms with Gasteiger partial charge in [-0.05, 0) is 56.9 Å². The second-order valence-electron chi connectivity index (χ2n) is 10.5. The number of aromatic amines is 1. The number of nitrogens with one attached hydrogen (secondary N) is 1. The van der Waals surface area contributed by atoms with Crippen LogP contribution in [0.5, 0.6) is 6.01 Å². The number of carbonyl (C=O) groups excluding carboxylic acids is 1. The third-order valence-electron chi connectivity index (χ3n) is 7.30. The standard InChI is InChI=1S/C28H39N7O5/c1-3-4-16-40-27-31-24(29)23-25(32-27)35(28(39)30-23)13-5-12-34(26(38)21-10-14-33(2)15-11-21)18-20-8-6-19(7-9-20)17-22(36)37/h6-9,21H,3-5,10-18H2,1-2H3,(H,30,39)(H,36,37)(H2,29,31,32). The number of aryl methyl sites for hydroxylation is 1. The van der Waals surface area contributed by atoms with Gasteiger partial charge in [0, 0.05) is 25.6 Å². The SMILES string of the molecule is CCCCOc1nc(N)c2[nH]c(=O)n(CCCN(Cc3ccc(CC(=O)O)cc3)C(=O)C3CCN(C)CC3)c2n1. The first-order valence-electron chi connectivity index (χ1n) is 13.9. The number of rotatable bonds is 13. The van der Waals surface area contributed by atoms with Crippen LogP contribution in [-0.2, 0) is 29.1 Å². The number of ether oxygens (including phenoxy) is 1. The fraction of sp³-hybridized carbons (Fsp3) is 0.536. The van der Waals surface area contributed by atoms with Crippen LogP contribution in [0.1, 0.15) is 50.2 Å². The summed E-state index contributed by atoms with van der Waals surface area (Å²) in [6.07, 6.45) is 3.91. The highest BCUT2D eigenvalue weighted by Gasteiger charge is 2.27. The van der Waals surface area contributed by atoms with Gasteiger partial charge in [-0.2, -0.15) is 9.97 Å². The Morgan fingerprint density at radius 1 is 1.15 bits per heavy atom. The van der Waals surface area contributed by atoms with Gasteiger partial charge in [-0.3, -0.25) is 14.2 Å². The van der Waals surface area contributed by atoms with Gasteiger partial charge in [-0.15, -0.1) is 0 Å². The molecule has 3 heterocycles. The number of likely N-dealkylation sites (tertiary alicyclic amines) is 1. The average molecular weight is 554 g/mol. The summed E-state index contributed by atoms with van der Waals surface area (Å²) in [6, 6.07) is 7.46. The average Bonchev–Trinajstić information content (AvgIpc) is 3.24. The van der Waals surface area contributed by atoms with E-state index >= 15 is 0 Å². The summed E-state index contributed by atoms with van der Waals surface area (Å²) in [5.74, 6) is -0.676. The number of nitrogen functional groups attached to an aromatic ring is 1. The number of hydrogen-bond donors (Lipinski definition) is 3. The minimum absolute atomic E-state index is 0.0443. The summed E-state index contributed by atoms with van der Waals surface area (Å²) < 4.78 is 7.14. The van der Waals surface area contributed by atoms with E-state index in [1.54, 1.807) is 12.1 Å². The number of nitrogens with two attached hydrogens (primary N) is 1. The van der Waals surface area contributed by atoms with Gasteiger partial charge in [0.2, 0.25) is 5.91 Å². The maximum absolute atomic E-state index is 13.6. The Morgan fingerprint density at radius 3 is 2.52 bits per heavy atom. The van der Waals surface area contributed by atoms with Crippen molar-refractivity contribution in [1.82, 2.24) is 29.3 Å². The summed E-state index contributed by atoms with van der Waals surface area (Å²) in [6.45, 7) is 5.46. The first kappa shape index (κ1) is 29.1. The number of carbonyl (C=O) groups is 2. The monoisotopic (exact) mass is 553 g/mol. The topological polar surface area (TPSA) is 160 Å². The van der Waals surface area contributed by atoms with Crippen molar-refractivity contribution in [3.63, 3.8) is 0 Å². The van der Waals surface area contributed by atoms with E-state index in [0.29, 0.717) is 49.4 Å². The Hall–Kier alpha value is -3.93. The van der Waals surface area contributed by atoms with Gasteiger partial charge in [0.1, 0.15) is 5.52 Å². The molecule has 4 N–H and O–H groups in total. The molecule has 1 aromatic carbocycles. The highest BCUT2D eigenvalue weighted by Crippen LogP contribution is 2.22. The van der Waals surface area contributed by atoms with Crippen molar-refractivity contribution in [3.05, 3.63) is 45.9 Å². The van der Waals surface area contributed by atoms with Gasteiger partial charge >= 0.3 is 17.7 Å². The second kappa shape index (κ2) is 13.4. The highest BCUT2D eigenvalue weighted by molar-refractivity contribution is 5.82. The maximum Gasteiger partial charge on any atom is 0.327 e. The zero-order chi connectivity index (χ0) is 28.6. The second-order valence-corrected chi connectivity index (χ2v) is 10.5. The Kier molecular flexibility index (Phi) is 9.75. The maximum atomic E-state index is 13.6. The van der Waals surface area contributed by atoms with E-state index in [1.807, 2.05) is 17.0 Å². The molecule has 1 aliphatic rings. The molecule has 0 atom stereocenters. The number of hydrogen-bond acceptors (Lipinski definition) is 8.